The van der Waals surface area contributed by atoms with Gasteiger partial charge in [-0.3, -0.25) is 4.79 Å². The Morgan fingerprint density at radius 3 is 2.31 bits per heavy atom. The lowest BCUT2D eigenvalue weighted by molar-refractivity contribution is -0.154. The van der Waals surface area contributed by atoms with Crippen LogP contribution in [0.3, 0.4) is 0 Å². The maximum atomic E-state index is 14.1. The van der Waals surface area contributed by atoms with E-state index < -0.39 is 35.5 Å². The number of carboxylic acids is 1. The number of nitrogens with zero attached hydrogens (tertiary/aromatic N) is 1. The number of carboxylic acid groups (broad SMARTS) is 1. The molecule has 2 aliphatic rings. The molecule has 2 aromatic rings. The molecule has 7 heteroatoms. The van der Waals surface area contributed by atoms with Crippen molar-refractivity contribution in [3.8, 4) is 0 Å². The van der Waals surface area contributed by atoms with Crippen LogP contribution in [0.2, 0.25) is 10.0 Å². The van der Waals surface area contributed by atoms with E-state index in [1.54, 1.807) is 23.1 Å². The summed E-state index contributed by atoms with van der Waals surface area (Å²) in [5.74, 6) is -1.66. The number of halogens is 2. The molecule has 4 atom stereocenters. The molecule has 4 rings (SSSR count). The highest BCUT2D eigenvalue weighted by atomic mass is 35.5. The van der Waals surface area contributed by atoms with Crippen LogP contribution in [0, 0.1) is 17.3 Å². The summed E-state index contributed by atoms with van der Waals surface area (Å²) in [6, 6.07) is 13.4. The quantitative estimate of drug-likeness (QED) is 0.429. The minimum atomic E-state index is -0.996. The predicted molar refractivity (Wildman–Crippen MR) is 142 cm³/mol. The van der Waals surface area contributed by atoms with Crippen molar-refractivity contribution >= 4 is 35.1 Å². The topological polar surface area (TPSA) is 66.8 Å². The first-order valence-corrected chi connectivity index (χ1v) is 13.5. The zero-order valence-corrected chi connectivity index (χ0v) is 22.6. The molecule has 0 aromatic heterocycles. The molecule has 2 fully saturated rings. The minimum absolute atomic E-state index is 0.0721. The van der Waals surface area contributed by atoms with E-state index in [1.807, 2.05) is 51.1 Å². The first-order chi connectivity index (χ1) is 17.1. The summed E-state index contributed by atoms with van der Waals surface area (Å²) in [5.41, 5.74) is 1.16. The smallest absolute Gasteiger partial charge is 0.326 e. The van der Waals surface area contributed by atoms with E-state index in [0.717, 1.165) is 43.2 Å². The molecule has 1 N–H and O–H groups in total. The van der Waals surface area contributed by atoms with Crippen molar-refractivity contribution in [2.45, 2.75) is 77.7 Å². The normalized spacial score (nSPS) is 25.2. The molecule has 1 aliphatic carbocycles. The number of rotatable bonds is 6. The van der Waals surface area contributed by atoms with Crippen molar-refractivity contribution in [3.63, 3.8) is 0 Å². The van der Waals surface area contributed by atoms with Gasteiger partial charge < -0.3 is 14.7 Å². The highest BCUT2D eigenvalue weighted by Crippen LogP contribution is 2.50. The average molecular weight is 533 g/mol. The molecule has 194 valence electrons. The molecular formula is C29H35Cl2NO4. The average Bonchev–Trinajstić information content (AvgIpc) is 3.21. The van der Waals surface area contributed by atoms with E-state index in [2.05, 4.69) is 0 Å². The number of ether oxygens (including phenoxy) is 1. The zero-order valence-electron chi connectivity index (χ0n) is 21.1. The molecule has 36 heavy (non-hydrogen) atoms. The van der Waals surface area contributed by atoms with Gasteiger partial charge in [0.05, 0.1) is 18.8 Å². The Morgan fingerprint density at radius 1 is 1.03 bits per heavy atom. The fraction of sp³-hybridized carbons (Fsp3) is 0.517. The van der Waals surface area contributed by atoms with E-state index in [0.29, 0.717) is 10.0 Å². The number of carbonyl (C=O) groups excluding carboxylic acids is 1. The largest absolute Gasteiger partial charge is 0.480 e. The number of benzene rings is 2. The van der Waals surface area contributed by atoms with Gasteiger partial charge in [0.1, 0.15) is 6.04 Å². The van der Waals surface area contributed by atoms with Crippen LogP contribution in [-0.2, 0) is 20.9 Å². The third kappa shape index (κ3) is 5.58. The highest BCUT2D eigenvalue weighted by molar-refractivity contribution is 6.33. The summed E-state index contributed by atoms with van der Waals surface area (Å²) in [6.07, 6.45) is 4.16. The fourth-order valence-electron chi connectivity index (χ4n) is 5.99. The molecule has 0 spiro atoms. The van der Waals surface area contributed by atoms with Crippen LogP contribution in [0.1, 0.15) is 70.0 Å². The van der Waals surface area contributed by atoms with Crippen LogP contribution < -0.4 is 0 Å². The number of hydrogen-bond acceptors (Lipinski definition) is 3. The molecular weight excluding hydrogens is 497 g/mol. The lowest BCUT2D eigenvalue weighted by Crippen LogP contribution is -2.49. The van der Waals surface area contributed by atoms with Gasteiger partial charge in [0, 0.05) is 21.9 Å². The number of carbonyl (C=O) groups is 2. The Bertz CT molecular complexity index is 1080. The van der Waals surface area contributed by atoms with Gasteiger partial charge in [0.25, 0.3) is 0 Å². The second-order valence-corrected chi connectivity index (χ2v) is 12.0. The summed E-state index contributed by atoms with van der Waals surface area (Å²) in [5, 5.41) is 11.6. The van der Waals surface area contributed by atoms with Crippen molar-refractivity contribution < 1.29 is 19.4 Å². The van der Waals surface area contributed by atoms with Crippen LogP contribution in [0.15, 0.2) is 48.5 Å². The predicted octanol–water partition coefficient (Wildman–Crippen LogP) is 7.16. The summed E-state index contributed by atoms with van der Waals surface area (Å²) in [4.78, 5) is 28.6. The molecule has 2 unspecified atom stereocenters. The Balaban J connectivity index is 1.80. The van der Waals surface area contributed by atoms with Crippen molar-refractivity contribution in [1.82, 2.24) is 4.90 Å². The first-order valence-electron chi connectivity index (χ1n) is 12.7. The van der Waals surface area contributed by atoms with Gasteiger partial charge in [-0.25, -0.2) is 4.79 Å². The van der Waals surface area contributed by atoms with E-state index in [-0.39, 0.29) is 18.4 Å². The molecule has 0 radical (unpaired) electrons. The Kier molecular flexibility index (Phi) is 8.33. The van der Waals surface area contributed by atoms with Gasteiger partial charge in [0.15, 0.2) is 0 Å². The molecule has 0 bridgehead atoms. The number of hydrogen-bond donors (Lipinski definition) is 1. The molecule has 1 amide bonds. The third-order valence-electron chi connectivity index (χ3n) is 7.65. The number of likely N-dealkylation sites (tertiary alicyclic amines) is 1. The summed E-state index contributed by atoms with van der Waals surface area (Å²) in [6.45, 7) is 6.23. The minimum Gasteiger partial charge on any atom is -0.480 e. The molecule has 1 aliphatic heterocycles. The monoisotopic (exact) mass is 531 g/mol. The lowest BCUT2D eigenvalue weighted by Gasteiger charge is -2.35. The number of aliphatic carboxylic acids is 1. The molecule has 5 nitrogen and oxygen atoms in total. The van der Waals surface area contributed by atoms with E-state index >= 15 is 0 Å². The van der Waals surface area contributed by atoms with Gasteiger partial charge >= 0.3 is 5.97 Å². The van der Waals surface area contributed by atoms with Crippen LogP contribution in [0.4, 0.5) is 0 Å². The number of amides is 1. The summed E-state index contributed by atoms with van der Waals surface area (Å²) in [7, 11) is 0. The van der Waals surface area contributed by atoms with Crippen LogP contribution >= 0.6 is 23.2 Å². The van der Waals surface area contributed by atoms with Gasteiger partial charge in [-0.15, -0.1) is 0 Å². The Morgan fingerprint density at radius 2 is 1.69 bits per heavy atom. The molecule has 1 heterocycles. The Labute approximate surface area is 223 Å². The van der Waals surface area contributed by atoms with E-state index in [4.69, 9.17) is 27.9 Å². The molecule has 1 saturated heterocycles. The second-order valence-electron chi connectivity index (χ2n) is 11.1. The standard InChI is InChI=1S/C29H35Cl2NO4/c1-29(2,3)23-25(28(34)35)32(27(33)19-12-8-5-9-13-19)24(18-10-6-4-7-11-18)26(23)36-17-20-16-21(30)14-15-22(20)31/h4,6-7,10-11,14-16,19,23-26H,5,8-9,12-13,17H2,1-3H3,(H,34,35)/t23-,24?,25+,26?/m0/s1. The fourth-order valence-corrected chi connectivity index (χ4v) is 6.36. The third-order valence-corrected chi connectivity index (χ3v) is 8.25. The van der Waals surface area contributed by atoms with Crippen molar-refractivity contribution in [1.29, 1.82) is 0 Å². The summed E-state index contributed by atoms with van der Waals surface area (Å²) < 4.78 is 6.58. The van der Waals surface area contributed by atoms with Gasteiger partial charge in [0.2, 0.25) is 5.91 Å². The zero-order chi connectivity index (χ0) is 26.0. The van der Waals surface area contributed by atoms with Crippen molar-refractivity contribution in [3.05, 3.63) is 69.7 Å². The Hall–Kier alpha value is -2.08. The van der Waals surface area contributed by atoms with E-state index in [9.17, 15) is 14.7 Å². The SMILES string of the molecule is CC(C)(C)[C@@H]1C(OCc2cc(Cl)ccc2Cl)C(c2ccccc2)N(C(=O)C2CCCCC2)[C@H]1C(=O)O. The van der Waals surface area contributed by atoms with E-state index in [1.165, 1.54) is 0 Å². The van der Waals surface area contributed by atoms with Crippen LogP contribution in [-0.4, -0.2) is 34.0 Å². The maximum Gasteiger partial charge on any atom is 0.326 e. The lowest BCUT2D eigenvalue weighted by atomic mass is 9.73. The van der Waals surface area contributed by atoms with Crippen molar-refractivity contribution in [2.24, 2.45) is 17.3 Å². The second kappa shape index (κ2) is 11.1. The molecule has 1 saturated carbocycles. The van der Waals surface area contributed by atoms with Crippen LogP contribution in [0.5, 0.6) is 0 Å². The van der Waals surface area contributed by atoms with Gasteiger partial charge in [-0.05, 0) is 47.6 Å². The van der Waals surface area contributed by atoms with Gasteiger partial charge in [-0.1, -0.05) is 93.6 Å². The van der Waals surface area contributed by atoms with Crippen molar-refractivity contribution in [2.75, 3.05) is 0 Å². The van der Waals surface area contributed by atoms with Gasteiger partial charge in [-0.2, -0.15) is 0 Å². The summed E-state index contributed by atoms with van der Waals surface area (Å²) >= 11 is 12.6. The highest BCUT2D eigenvalue weighted by Gasteiger charge is 2.59. The maximum absolute atomic E-state index is 14.1. The molecule has 2 aromatic carbocycles. The first kappa shape index (κ1) is 27.0. The van der Waals surface area contributed by atoms with Crippen LogP contribution in [0.25, 0.3) is 0 Å².